The molecule has 1 aromatic carbocycles. The second kappa shape index (κ2) is 6.23. The summed E-state index contributed by atoms with van der Waals surface area (Å²) in [6, 6.07) is 7.00. The van der Waals surface area contributed by atoms with E-state index in [-0.39, 0.29) is 0 Å². The third-order valence-electron chi connectivity index (χ3n) is 2.22. The molecule has 0 aliphatic heterocycles. The smallest absolute Gasteiger partial charge is 0.208 e. The Kier molecular flexibility index (Phi) is 4.95. The number of nitriles is 1. The van der Waals surface area contributed by atoms with Gasteiger partial charge in [-0.15, -0.1) is 0 Å². The number of hydrogen-bond acceptors (Lipinski definition) is 5. The number of nitrogen functional groups attached to an aromatic ring is 1. The van der Waals surface area contributed by atoms with Crippen molar-refractivity contribution in [1.82, 2.24) is 4.72 Å². The number of rotatable bonds is 6. The van der Waals surface area contributed by atoms with Crippen LogP contribution in [-0.2, 0) is 10.0 Å². The van der Waals surface area contributed by atoms with Gasteiger partial charge < -0.3 is 11.1 Å². The molecule has 0 heterocycles. The van der Waals surface area contributed by atoms with E-state index in [1.165, 1.54) is 0 Å². The molecule has 98 valence electrons. The molecule has 0 saturated carbocycles. The van der Waals surface area contributed by atoms with Crippen molar-refractivity contribution >= 4 is 21.4 Å². The predicted molar refractivity (Wildman–Crippen MR) is 71.5 cm³/mol. The molecule has 0 aliphatic carbocycles. The van der Waals surface area contributed by atoms with Crippen LogP contribution in [0.5, 0.6) is 0 Å². The van der Waals surface area contributed by atoms with E-state index in [1.54, 1.807) is 18.2 Å². The zero-order valence-corrected chi connectivity index (χ0v) is 10.9. The van der Waals surface area contributed by atoms with Crippen LogP contribution in [0, 0.1) is 11.3 Å². The minimum absolute atomic E-state index is 0.365. The predicted octanol–water partition coefficient (Wildman–Crippen LogP) is 0.492. The van der Waals surface area contributed by atoms with Crippen molar-refractivity contribution in [2.45, 2.75) is 6.42 Å². The molecule has 4 N–H and O–H groups in total. The maximum absolute atomic E-state index is 10.8. The first kappa shape index (κ1) is 14.3. The third-order valence-corrected chi connectivity index (χ3v) is 2.94. The summed E-state index contributed by atoms with van der Waals surface area (Å²) in [5.74, 6) is 0. The maximum atomic E-state index is 10.8. The van der Waals surface area contributed by atoms with Gasteiger partial charge in [0.25, 0.3) is 0 Å². The molecule has 1 aromatic rings. The van der Waals surface area contributed by atoms with Gasteiger partial charge in [0, 0.05) is 13.1 Å². The van der Waals surface area contributed by atoms with Crippen LogP contribution in [-0.4, -0.2) is 27.8 Å². The molecule has 0 bridgehead atoms. The summed E-state index contributed by atoms with van der Waals surface area (Å²) in [6.45, 7) is 0.936. The molecule has 0 aliphatic rings. The van der Waals surface area contributed by atoms with Crippen molar-refractivity contribution in [1.29, 1.82) is 5.26 Å². The zero-order chi connectivity index (χ0) is 13.6. The Labute approximate surface area is 107 Å². The Morgan fingerprint density at radius 2 is 2.11 bits per heavy atom. The molecule has 0 aromatic heterocycles. The second-order valence-corrected chi connectivity index (χ2v) is 5.69. The van der Waals surface area contributed by atoms with Crippen molar-refractivity contribution in [3.63, 3.8) is 0 Å². The van der Waals surface area contributed by atoms with Gasteiger partial charge in [0.1, 0.15) is 0 Å². The lowest BCUT2D eigenvalue weighted by atomic mass is 10.2. The van der Waals surface area contributed by atoms with Gasteiger partial charge >= 0.3 is 0 Å². The van der Waals surface area contributed by atoms with E-state index < -0.39 is 10.0 Å². The van der Waals surface area contributed by atoms with Crippen LogP contribution in [0.3, 0.4) is 0 Å². The summed E-state index contributed by atoms with van der Waals surface area (Å²) in [5, 5.41) is 11.8. The standard InChI is InChI=1S/C11H16N4O2S/c1-18(16,17)15-6-2-5-14-11-7-9(8-12)3-4-10(11)13/h3-4,7,14-15H,2,5-6,13H2,1H3. The van der Waals surface area contributed by atoms with E-state index in [9.17, 15) is 8.42 Å². The fourth-order valence-corrected chi connectivity index (χ4v) is 1.86. The Balaban J connectivity index is 2.42. The third kappa shape index (κ3) is 5.03. The minimum Gasteiger partial charge on any atom is -0.397 e. The highest BCUT2D eigenvalue weighted by atomic mass is 32.2. The van der Waals surface area contributed by atoms with Crippen molar-refractivity contribution in [3.8, 4) is 6.07 Å². The number of nitrogens with zero attached hydrogens (tertiary/aromatic N) is 1. The molecule has 1 rings (SSSR count). The van der Waals surface area contributed by atoms with Gasteiger partial charge in [-0.05, 0) is 24.6 Å². The lowest BCUT2D eigenvalue weighted by Gasteiger charge is -2.09. The number of benzene rings is 1. The molecule has 0 amide bonds. The molecule has 0 unspecified atom stereocenters. The monoisotopic (exact) mass is 268 g/mol. The first-order valence-corrected chi connectivity index (χ1v) is 7.29. The zero-order valence-electron chi connectivity index (χ0n) is 10.1. The van der Waals surface area contributed by atoms with Crippen molar-refractivity contribution in [2.24, 2.45) is 0 Å². The topological polar surface area (TPSA) is 108 Å². The van der Waals surface area contributed by atoms with E-state index in [1.807, 2.05) is 6.07 Å². The van der Waals surface area contributed by atoms with E-state index in [2.05, 4.69) is 10.0 Å². The fraction of sp³-hybridized carbons (Fsp3) is 0.364. The van der Waals surface area contributed by atoms with Crippen LogP contribution in [0.1, 0.15) is 12.0 Å². The summed E-state index contributed by atoms with van der Waals surface area (Å²) in [6.07, 6.45) is 1.75. The Morgan fingerprint density at radius 3 is 2.72 bits per heavy atom. The van der Waals surface area contributed by atoms with Crippen molar-refractivity contribution in [3.05, 3.63) is 23.8 Å². The lowest BCUT2D eigenvalue weighted by Crippen LogP contribution is -2.24. The molecule has 0 spiro atoms. The molecule has 18 heavy (non-hydrogen) atoms. The quantitative estimate of drug-likeness (QED) is 0.514. The second-order valence-electron chi connectivity index (χ2n) is 3.86. The van der Waals surface area contributed by atoms with Crippen molar-refractivity contribution in [2.75, 3.05) is 30.4 Å². The highest BCUT2D eigenvalue weighted by Gasteiger charge is 2.01. The number of sulfonamides is 1. The number of nitrogens with two attached hydrogens (primary N) is 1. The Bertz CT molecular complexity index is 549. The summed E-state index contributed by atoms with van der Waals surface area (Å²) in [5.41, 5.74) is 7.52. The average molecular weight is 268 g/mol. The highest BCUT2D eigenvalue weighted by molar-refractivity contribution is 7.88. The van der Waals surface area contributed by atoms with E-state index >= 15 is 0 Å². The molecule has 6 nitrogen and oxygen atoms in total. The lowest BCUT2D eigenvalue weighted by molar-refractivity contribution is 0.586. The highest BCUT2D eigenvalue weighted by Crippen LogP contribution is 2.19. The molecule has 0 radical (unpaired) electrons. The maximum Gasteiger partial charge on any atom is 0.208 e. The summed E-state index contributed by atoms with van der Waals surface area (Å²) in [4.78, 5) is 0. The molecule has 0 atom stereocenters. The normalized spacial score (nSPS) is 10.9. The van der Waals surface area contributed by atoms with Gasteiger partial charge in [0.05, 0.1) is 29.3 Å². The summed E-state index contributed by atoms with van der Waals surface area (Å²) >= 11 is 0. The molecule has 0 fully saturated rings. The fourth-order valence-electron chi connectivity index (χ4n) is 1.35. The Hall–Kier alpha value is -1.78. The summed E-state index contributed by atoms with van der Waals surface area (Å²) in [7, 11) is -3.13. The Morgan fingerprint density at radius 1 is 1.39 bits per heavy atom. The van der Waals surface area contributed by atoms with Gasteiger partial charge in [0.15, 0.2) is 0 Å². The average Bonchev–Trinajstić information content (AvgIpc) is 2.29. The minimum atomic E-state index is -3.13. The van der Waals surface area contributed by atoms with E-state index in [4.69, 9.17) is 11.0 Å². The van der Waals surface area contributed by atoms with Gasteiger partial charge in [-0.25, -0.2) is 13.1 Å². The molecule has 0 saturated heterocycles. The van der Waals surface area contributed by atoms with Crippen LogP contribution < -0.4 is 15.8 Å². The van der Waals surface area contributed by atoms with Gasteiger partial charge in [0.2, 0.25) is 10.0 Å². The SMILES string of the molecule is CS(=O)(=O)NCCCNc1cc(C#N)ccc1N. The molecule has 7 heteroatoms. The molecular weight excluding hydrogens is 252 g/mol. The van der Waals surface area contributed by atoms with Gasteiger partial charge in [-0.1, -0.05) is 0 Å². The number of hydrogen-bond donors (Lipinski definition) is 3. The van der Waals surface area contributed by atoms with Gasteiger partial charge in [-0.2, -0.15) is 5.26 Å². The molecular formula is C11H16N4O2S. The number of nitrogens with one attached hydrogen (secondary N) is 2. The first-order valence-electron chi connectivity index (χ1n) is 5.40. The van der Waals surface area contributed by atoms with Crippen LogP contribution in [0.4, 0.5) is 11.4 Å². The first-order chi connectivity index (χ1) is 8.42. The van der Waals surface area contributed by atoms with Crippen molar-refractivity contribution < 1.29 is 8.42 Å². The van der Waals surface area contributed by atoms with E-state index in [0.717, 1.165) is 6.26 Å². The number of anilines is 2. The van der Waals surface area contributed by atoms with Crippen LogP contribution >= 0.6 is 0 Å². The largest absolute Gasteiger partial charge is 0.397 e. The van der Waals surface area contributed by atoms with Crippen LogP contribution in [0.25, 0.3) is 0 Å². The van der Waals surface area contributed by atoms with E-state index in [0.29, 0.717) is 36.4 Å². The van der Waals surface area contributed by atoms with Crippen LogP contribution in [0.2, 0.25) is 0 Å². The summed E-state index contributed by atoms with van der Waals surface area (Å²) < 4.78 is 24.0. The van der Waals surface area contributed by atoms with Crippen LogP contribution in [0.15, 0.2) is 18.2 Å². The van der Waals surface area contributed by atoms with Gasteiger partial charge in [-0.3, -0.25) is 0 Å².